The van der Waals surface area contributed by atoms with Crippen LogP contribution in [0.25, 0.3) is 0 Å². The van der Waals surface area contributed by atoms with E-state index in [4.69, 9.17) is 4.52 Å². The Morgan fingerprint density at radius 2 is 2.15 bits per heavy atom. The Balaban J connectivity index is 1.67. The van der Waals surface area contributed by atoms with E-state index in [9.17, 15) is 13.2 Å². The Labute approximate surface area is 151 Å². The number of rotatable bonds is 7. The minimum Gasteiger partial charge on any atom is -0.339 e. The van der Waals surface area contributed by atoms with Crippen LogP contribution in [0, 0.1) is 0 Å². The number of sulfonamides is 1. The van der Waals surface area contributed by atoms with Crippen LogP contribution in [-0.2, 0) is 16.6 Å². The third-order valence-electron chi connectivity index (χ3n) is 4.08. The first-order chi connectivity index (χ1) is 12.4. The minimum atomic E-state index is -3.58. The van der Waals surface area contributed by atoms with E-state index in [1.807, 2.05) is 6.92 Å². The number of anilines is 1. The van der Waals surface area contributed by atoms with Crippen molar-refractivity contribution in [3.8, 4) is 0 Å². The maximum atomic E-state index is 12.5. The molecule has 2 amide bonds. The molecule has 0 aliphatic heterocycles. The summed E-state index contributed by atoms with van der Waals surface area (Å²) in [4.78, 5) is 18.4. The highest BCUT2D eigenvalue weighted by atomic mass is 32.2. The monoisotopic (exact) mass is 379 g/mol. The topological polar surface area (TPSA) is 117 Å². The molecule has 1 aromatic heterocycles. The fourth-order valence-electron chi connectivity index (χ4n) is 2.39. The van der Waals surface area contributed by atoms with E-state index < -0.39 is 10.0 Å². The second kappa shape index (κ2) is 7.42. The number of aromatic nitrogens is 2. The highest BCUT2D eigenvalue weighted by molar-refractivity contribution is 7.89. The number of urea groups is 1. The van der Waals surface area contributed by atoms with Gasteiger partial charge in [-0.2, -0.15) is 4.98 Å². The van der Waals surface area contributed by atoms with Crippen LogP contribution in [0.2, 0.25) is 0 Å². The number of carbonyl (C=O) groups excluding carboxylic acids is 1. The molecule has 0 saturated heterocycles. The molecular weight excluding hydrogens is 358 g/mol. The molecule has 0 atom stereocenters. The second-order valence-electron chi connectivity index (χ2n) is 6.00. The molecule has 0 spiro atoms. The average Bonchev–Trinajstić information content (AvgIpc) is 3.38. The van der Waals surface area contributed by atoms with Gasteiger partial charge in [-0.3, -0.25) is 0 Å². The molecule has 1 aliphatic rings. The number of benzene rings is 1. The van der Waals surface area contributed by atoms with Crippen molar-refractivity contribution in [3.05, 3.63) is 36.0 Å². The van der Waals surface area contributed by atoms with Crippen LogP contribution in [0.1, 0.15) is 37.4 Å². The maximum absolute atomic E-state index is 12.5. The zero-order valence-electron chi connectivity index (χ0n) is 14.6. The summed E-state index contributed by atoms with van der Waals surface area (Å²) in [5.41, 5.74) is 0.386. The SMILES string of the molecule is CCN(Cc1noc(C2CC2)n1)C(=O)Nc1cccc(S(=O)(=O)NC)c1. The molecule has 2 aromatic rings. The van der Waals surface area contributed by atoms with Crippen molar-refractivity contribution >= 4 is 21.7 Å². The van der Waals surface area contributed by atoms with Gasteiger partial charge in [-0.05, 0) is 45.0 Å². The van der Waals surface area contributed by atoms with Crippen LogP contribution in [0.15, 0.2) is 33.7 Å². The van der Waals surface area contributed by atoms with E-state index in [-0.39, 0.29) is 17.5 Å². The quantitative estimate of drug-likeness (QED) is 0.759. The molecule has 26 heavy (non-hydrogen) atoms. The van der Waals surface area contributed by atoms with Gasteiger partial charge >= 0.3 is 6.03 Å². The molecule has 1 aromatic carbocycles. The molecule has 0 unspecified atom stereocenters. The van der Waals surface area contributed by atoms with Crippen LogP contribution in [0.4, 0.5) is 10.5 Å². The van der Waals surface area contributed by atoms with Gasteiger partial charge in [-0.1, -0.05) is 11.2 Å². The van der Waals surface area contributed by atoms with Gasteiger partial charge < -0.3 is 14.7 Å². The third-order valence-corrected chi connectivity index (χ3v) is 5.49. The average molecular weight is 379 g/mol. The normalized spacial score (nSPS) is 14.2. The fourth-order valence-corrected chi connectivity index (χ4v) is 3.16. The summed E-state index contributed by atoms with van der Waals surface area (Å²) in [7, 11) is -2.24. The molecule has 2 N–H and O–H groups in total. The molecular formula is C16H21N5O4S. The molecule has 0 radical (unpaired) electrons. The smallest absolute Gasteiger partial charge is 0.322 e. The van der Waals surface area contributed by atoms with E-state index in [2.05, 4.69) is 20.2 Å². The van der Waals surface area contributed by atoms with Crippen molar-refractivity contribution in [2.24, 2.45) is 0 Å². The lowest BCUT2D eigenvalue weighted by atomic mass is 10.3. The van der Waals surface area contributed by atoms with Crippen molar-refractivity contribution in [2.45, 2.75) is 37.1 Å². The predicted octanol–water partition coefficient (Wildman–Crippen LogP) is 1.91. The number of carbonyl (C=O) groups is 1. The number of hydrogen-bond acceptors (Lipinski definition) is 6. The zero-order chi connectivity index (χ0) is 18.7. The summed E-state index contributed by atoms with van der Waals surface area (Å²) in [5, 5.41) is 6.62. The Morgan fingerprint density at radius 1 is 1.38 bits per heavy atom. The summed E-state index contributed by atoms with van der Waals surface area (Å²) in [6, 6.07) is 5.68. The van der Waals surface area contributed by atoms with Gasteiger partial charge in [0.15, 0.2) is 5.82 Å². The lowest BCUT2D eigenvalue weighted by Gasteiger charge is -2.19. The molecule has 10 heteroatoms. The standard InChI is InChI=1S/C16H21N5O4S/c1-3-21(10-14-19-15(25-20-14)11-7-8-11)16(22)18-12-5-4-6-13(9-12)26(23,24)17-2/h4-6,9,11,17H,3,7-8,10H2,1-2H3,(H,18,22). The predicted molar refractivity (Wildman–Crippen MR) is 94.1 cm³/mol. The van der Waals surface area contributed by atoms with Crippen LogP contribution >= 0.6 is 0 Å². The van der Waals surface area contributed by atoms with Crippen LogP contribution in [0.5, 0.6) is 0 Å². The first-order valence-corrected chi connectivity index (χ1v) is 9.83. The van der Waals surface area contributed by atoms with Crippen molar-refractivity contribution in [1.82, 2.24) is 19.8 Å². The summed E-state index contributed by atoms with van der Waals surface area (Å²) in [6.07, 6.45) is 2.12. The van der Waals surface area contributed by atoms with Gasteiger partial charge in [0.2, 0.25) is 15.9 Å². The lowest BCUT2D eigenvalue weighted by molar-refractivity contribution is 0.210. The molecule has 1 fully saturated rings. The van der Waals surface area contributed by atoms with Crippen LogP contribution in [-0.4, -0.2) is 43.1 Å². The van der Waals surface area contributed by atoms with Gasteiger partial charge in [0.25, 0.3) is 0 Å². The van der Waals surface area contributed by atoms with E-state index in [1.165, 1.54) is 24.1 Å². The Hall–Kier alpha value is -2.46. The first kappa shape index (κ1) is 18.3. The van der Waals surface area contributed by atoms with Crippen molar-refractivity contribution < 1.29 is 17.7 Å². The summed E-state index contributed by atoms with van der Waals surface area (Å²) >= 11 is 0. The third kappa shape index (κ3) is 4.20. The molecule has 9 nitrogen and oxygen atoms in total. The van der Waals surface area contributed by atoms with Crippen molar-refractivity contribution in [2.75, 3.05) is 18.9 Å². The molecule has 1 aliphatic carbocycles. The summed E-state index contributed by atoms with van der Waals surface area (Å²) in [5.74, 6) is 1.44. The lowest BCUT2D eigenvalue weighted by Crippen LogP contribution is -2.34. The Bertz CT molecular complexity index is 892. The molecule has 1 saturated carbocycles. The number of hydrogen-bond donors (Lipinski definition) is 2. The second-order valence-corrected chi connectivity index (χ2v) is 7.89. The molecule has 3 rings (SSSR count). The largest absolute Gasteiger partial charge is 0.339 e. The highest BCUT2D eigenvalue weighted by Gasteiger charge is 2.30. The minimum absolute atomic E-state index is 0.0769. The number of amides is 2. The number of nitrogens with zero attached hydrogens (tertiary/aromatic N) is 3. The molecule has 1 heterocycles. The van der Waals surface area contributed by atoms with Gasteiger partial charge in [-0.25, -0.2) is 17.9 Å². The highest BCUT2D eigenvalue weighted by Crippen LogP contribution is 2.38. The fraction of sp³-hybridized carbons (Fsp3) is 0.438. The van der Waals surface area contributed by atoms with E-state index in [1.54, 1.807) is 12.1 Å². The molecule has 140 valence electrons. The van der Waals surface area contributed by atoms with Crippen molar-refractivity contribution in [3.63, 3.8) is 0 Å². The number of nitrogens with one attached hydrogen (secondary N) is 2. The summed E-state index contributed by atoms with van der Waals surface area (Å²) in [6.45, 7) is 2.49. The van der Waals surface area contributed by atoms with E-state index in [0.717, 1.165) is 12.8 Å². The van der Waals surface area contributed by atoms with Gasteiger partial charge in [0.05, 0.1) is 11.4 Å². The Morgan fingerprint density at radius 3 is 2.81 bits per heavy atom. The zero-order valence-corrected chi connectivity index (χ0v) is 15.4. The van der Waals surface area contributed by atoms with Gasteiger partial charge in [0, 0.05) is 18.2 Å². The van der Waals surface area contributed by atoms with Gasteiger partial charge in [-0.15, -0.1) is 0 Å². The maximum Gasteiger partial charge on any atom is 0.322 e. The Kier molecular flexibility index (Phi) is 5.23. The van der Waals surface area contributed by atoms with E-state index >= 15 is 0 Å². The van der Waals surface area contributed by atoms with E-state index in [0.29, 0.717) is 29.9 Å². The van der Waals surface area contributed by atoms with Gasteiger partial charge in [0.1, 0.15) is 0 Å². The molecule has 0 bridgehead atoms. The van der Waals surface area contributed by atoms with Crippen LogP contribution < -0.4 is 10.0 Å². The first-order valence-electron chi connectivity index (χ1n) is 8.35. The van der Waals surface area contributed by atoms with Crippen molar-refractivity contribution in [1.29, 1.82) is 0 Å². The summed E-state index contributed by atoms with van der Waals surface area (Å²) < 4.78 is 31.2. The van der Waals surface area contributed by atoms with Crippen LogP contribution in [0.3, 0.4) is 0 Å².